The first kappa shape index (κ1) is 17.6. The summed E-state index contributed by atoms with van der Waals surface area (Å²) in [6.45, 7) is 1.91. The zero-order chi connectivity index (χ0) is 17.7. The third kappa shape index (κ3) is 4.17. The second kappa shape index (κ2) is 7.70. The molecule has 7 heteroatoms. The molecule has 0 spiro atoms. The molecule has 124 valence electrons. The normalized spacial score (nSPS) is 11.6. The number of nitro groups is 1. The lowest BCUT2D eigenvalue weighted by atomic mass is 10.1. The quantitative estimate of drug-likeness (QED) is 0.493. The Hall–Kier alpha value is -2.73. The van der Waals surface area contributed by atoms with Crippen LogP contribution in [0.4, 0.5) is 5.69 Å². The largest absolute Gasteiger partial charge is 0.326 e. The maximum atomic E-state index is 12.2. The summed E-state index contributed by atoms with van der Waals surface area (Å²) in [5.41, 5.74) is 2.28. The van der Waals surface area contributed by atoms with Gasteiger partial charge >= 0.3 is 0 Å². The van der Waals surface area contributed by atoms with Crippen molar-refractivity contribution in [3.8, 4) is 0 Å². The third-order valence-corrected chi connectivity index (χ3v) is 3.91. The molecule has 0 saturated heterocycles. The van der Waals surface area contributed by atoms with Crippen LogP contribution in [0, 0.1) is 17.0 Å². The molecule has 0 aliphatic rings. The summed E-state index contributed by atoms with van der Waals surface area (Å²) in [6.07, 6.45) is 0.386. The molecule has 6 nitrogen and oxygen atoms in total. The molecule has 0 saturated carbocycles. The topological polar surface area (TPSA) is 89.3 Å². The van der Waals surface area contributed by atoms with Gasteiger partial charge in [-0.1, -0.05) is 35.9 Å². The van der Waals surface area contributed by atoms with Crippen LogP contribution in [0.3, 0.4) is 0 Å². The smallest absolute Gasteiger partial charge is 0.293 e. The number of nitrogens with one attached hydrogen (secondary N) is 1. The van der Waals surface area contributed by atoms with Gasteiger partial charge in [0.1, 0.15) is 0 Å². The zero-order valence-corrected chi connectivity index (χ0v) is 13.6. The Balaban J connectivity index is 2.18. The molecule has 2 rings (SSSR count). The Kier molecular flexibility index (Phi) is 5.65. The molecule has 1 unspecified atom stereocenters. The number of nitrogens with zero attached hydrogens (tertiary/aromatic N) is 1. The van der Waals surface area contributed by atoms with Gasteiger partial charge in [-0.2, -0.15) is 0 Å². The van der Waals surface area contributed by atoms with Gasteiger partial charge in [0.05, 0.1) is 17.0 Å². The molecule has 0 aliphatic heterocycles. The van der Waals surface area contributed by atoms with E-state index < -0.39 is 11.0 Å². The highest BCUT2D eigenvalue weighted by Crippen LogP contribution is 2.27. The van der Waals surface area contributed by atoms with Gasteiger partial charge in [0, 0.05) is 10.6 Å². The van der Waals surface area contributed by atoms with Crippen molar-refractivity contribution in [1.82, 2.24) is 0 Å². The highest BCUT2D eigenvalue weighted by atomic mass is 35.5. The number of anilines is 1. The number of carbonyl (C=O) groups excluding carboxylic acids is 2. The molecule has 0 fully saturated rings. The SMILES string of the molecule is Cc1ccccc1CC(=O)Nc1ccc(Cl)c(C(C=O)[N+](=O)[O-])c1. The van der Waals surface area contributed by atoms with E-state index in [0.717, 1.165) is 11.1 Å². The second-order valence-corrected chi connectivity index (χ2v) is 5.66. The molecule has 0 aliphatic carbocycles. The first-order valence-corrected chi connectivity index (χ1v) is 7.52. The van der Waals surface area contributed by atoms with Crippen LogP contribution < -0.4 is 5.32 Å². The van der Waals surface area contributed by atoms with Gasteiger partial charge < -0.3 is 5.32 Å². The highest BCUT2D eigenvalue weighted by molar-refractivity contribution is 6.31. The van der Waals surface area contributed by atoms with Gasteiger partial charge in [0.2, 0.25) is 5.91 Å². The first-order chi connectivity index (χ1) is 11.4. The molecule has 0 heterocycles. The fourth-order valence-electron chi connectivity index (χ4n) is 2.27. The second-order valence-electron chi connectivity index (χ2n) is 5.25. The number of halogens is 1. The minimum atomic E-state index is -1.56. The van der Waals surface area contributed by atoms with Crippen LogP contribution >= 0.6 is 11.6 Å². The highest BCUT2D eigenvalue weighted by Gasteiger charge is 2.25. The molecule has 0 bridgehead atoms. The van der Waals surface area contributed by atoms with Crippen molar-refractivity contribution in [2.24, 2.45) is 0 Å². The third-order valence-electron chi connectivity index (χ3n) is 3.57. The summed E-state index contributed by atoms with van der Waals surface area (Å²) < 4.78 is 0. The monoisotopic (exact) mass is 346 g/mol. The van der Waals surface area contributed by atoms with E-state index in [1.807, 2.05) is 31.2 Å². The molecular weight excluding hydrogens is 332 g/mol. The summed E-state index contributed by atoms with van der Waals surface area (Å²) in [6, 6.07) is 10.2. The summed E-state index contributed by atoms with van der Waals surface area (Å²) >= 11 is 5.92. The van der Waals surface area contributed by atoms with E-state index in [2.05, 4.69) is 5.32 Å². The van der Waals surface area contributed by atoms with E-state index >= 15 is 0 Å². The number of amides is 1. The molecule has 1 N–H and O–H groups in total. The molecule has 1 amide bonds. The summed E-state index contributed by atoms with van der Waals surface area (Å²) in [7, 11) is 0. The standard InChI is InChI=1S/C17H15ClN2O4/c1-11-4-2-3-5-12(11)8-17(22)19-13-6-7-15(18)14(9-13)16(10-21)20(23)24/h2-7,9-10,16H,8H2,1H3,(H,19,22). The Morgan fingerprint density at radius 3 is 2.67 bits per heavy atom. The number of hydrogen-bond donors (Lipinski definition) is 1. The number of rotatable bonds is 6. The first-order valence-electron chi connectivity index (χ1n) is 7.15. The predicted octanol–water partition coefficient (Wildman–Crippen LogP) is 3.35. The van der Waals surface area contributed by atoms with Crippen molar-refractivity contribution < 1.29 is 14.5 Å². The summed E-state index contributed by atoms with van der Waals surface area (Å²) in [5.74, 6) is -0.263. The van der Waals surface area contributed by atoms with Crippen molar-refractivity contribution in [2.45, 2.75) is 19.4 Å². The lowest BCUT2D eigenvalue weighted by molar-refractivity contribution is -0.511. The molecule has 0 radical (unpaired) electrons. The minimum Gasteiger partial charge on any atom is -0.326 e. The lowest BCUT2D eigenvalue weighted by Gasteiger charge is -2.10. The van der Waals surface area contributed by atoms with Crippen LogP contribution in [-0.2, 0) is 16.0 Å². The van der Waals surface area contributed by atoms with Gasteiger partial charge in [-0.15, -0.1) is 0 Å². The number of aryl methyl sites for hydroxylation is 1. The number of benzene rings is 2. The molecule has 2 aromatic rings. The average molecular weight is 347 g/mol. The van der Waals surface area contributed by atoms with Crippen LogP contribution in [0.2, 0.25) is 5.02 Å². The lowest BCUT2D eigenvalue weighted by Crippen LogP contribution is -2.16. The zero-order valence-electron chi connectivity index (χ0n) is 12.9. The maximum Gasteiger partial charge on any atom is 0.293 e. The number of aldehydes is 1. The van der Waals surface area contributed by atoms with Crippen molar-refractivity contribution in [3.05, 3.63) is 74.3 Å². The van der Waals surface area contributed by atoms with Gasteiger partial charge in [0.15, 0.2) is 6.29 Å². The van der Waals surface area contributed by atoms with E-state index in [0.29, 0.717) is 5.69 Å². The molecular formula is C17H15ClN2O4. The number of carbonyl (C=O) groups is 2. The Labute approximate surface area is 143 Å². The Morgan fingerprint density at radius 1 is 1.33 bits per heavy atom. The molecule has 24 heavy (non-hydrogen) atoms. The van der Waals surface area contributed by atoms with Crippen LogP contribution in [0.5, 0.6) is 0 Å². The maximum absolute atomic E-state index is 12.2. The fourth-order valence-corrected chi connectivity index (χ4v) is 2.50. The average Bonchev–Trinajstić information content (AvgIpc) is 2.53. The predicted molar refractivity (Wildman–Crippen MR) is 90.8 cm³/mol. The van der Waals surface area contributed by atoms with E-state index in [1.165, 1.54) is 18.2 Å². The van der Waals surface area contributed by atoms with E-state index in [4.69, 9.17) is 11.6 Å². The fraction of sp³-hybridized carbons (Fsp3) is 0.176. The Bertz CT molecular complexity index is 792. The van der Waals surface area contributed by atoms with Crippen molar-refractivity contribution in [2.75, 3.05) is 5.32 Å². The van der Waals surface area contributed by atoms with Crippen molar-refractivity contribution >= 4 is 29.5 Å². The van der Waals surface area contributed by atoms with Gasteiger partial charge in [0.25, 0.3) is 6.04 Å². The molecule has 2 aromatic carbocycles. The van der Waals surface area contributed by atoms with E-state index in [1.54, 1.807) is 0 Å². The van der Waals surface area contributed by atoms with Crippen LogP contribution in [0.1, 0.15) is 22.7 Å². The van der Waals surface area contributed by atoms with Gasteiger partial charge in [-0.25, -0.2) is 0 Å². The molecule has 0 aromatic heterocycles. The summed E-state index contributed by atoms with van der Waals surface area (Å²) in [5, 5.41) is 13.7. The van der Waals surface area contributed by atoms with Crippen molar-refractivity contribution in [3.63, 3.8) is 0 Å². The minimum absolute atomic E-state index is 0.0466. The van der Waals surface area contributed by atoms with Gasteiger partial charge in [-0.05, 0) is 36.2 Å². The Morgan fingerprint density at radius 2 is 2.04 bits per heavy atom. The number of hydrogen-bond acceptors (Lipinski definition) is 4. The van der Waals surface area contributed by atoms with Gasteiger partial charge in [-0.3, -0.25) is 19.7 Å². The van der Waals surface area contributed by atoms with E-state index in [-0.39, 0.29) is 29.2 Å². The van der Waals surface area contributed by atoms with Crippen LogP contribution in [0.25, 0.3) is 0 Å². The van der Waals surface area contributed by atoms with Crippen molar-refractivity contribution in [1.29, 1.82) is 0 Å². The molecule has 1 atom stereocenters. The van der Waals surface area contributed by atoms with Crippen LogP contribution in [-0.4, -0.2) is 17.1 Å². The van der Waals surface area contributed by atoms with E-state index in [9.17, 15) is 19.7 Å². The van der Waals surface area contributed by atoms with Crippen LogP contribution in [0.15, 0.2) is 42.5 Å². The summed E-state index contributed by atoms with van der Waals surface area (Å²) in [4.78, 5) is 33.3.